The van der Waals surface area contributed by atoms with E-state index in [1.54, 1.807) is 6.92 Å². The molecule has 0 N–H and O–H groups in total. The van der Waals surface area contributed by atoms with E-state index in [-0.39, 0.29) is 5.91 Å². The fourth-order valence-electron chi connectivity index (χ4n) is 1.51. The first-order chi connectivity index (χ1) is 6.63. The number of halogens is 1. The topological polar surface area (TPSA) is 23.6 Å². The van der Waals surface area contributed by atoms with Crippen molar-refractivity contribution in [2.45, 2.75) is 10.8 Å². The second-order valence-corrected chi connectivity index (χ2v) is 5.13. The predicted octanol–water partition coefficient (Wildman–Crippen LogP) is 0.831. The molecule has 0 spiro atoms. The Morgan fingerprint density at radius 3 is 2.50 bits per heavy atom. The van der Waals surface area contributed by atoms with Crippen molar-refractivity contribution in [1.82, 2.24) is 9.80 Å². The highest BCUT2D eigenvalue weighted by atomic mass is 127. The molecule has 1 aliphatic rings. The zero-order valence-corrected chi connectivity index (χ0v) is 11.2. The van der Waals surface area contributed by atoms with Gasteiger partial charge in [-0.1, -0.05) is 34.8 Å². The van der Waals surface area contributed by atoms with E-state index in [0.29, 0.717) is 3.92 Å². The van der Waals surface area contributed by atoms with Crippen molar-refractivity contribution in [3.8, 4) is 0 Å². The van der Waals surface area contributed by atoms with Crippen molar-refractivity contribution in [1.29, 1.82) is 0 Å². The maximum absolute atomic E-state index is 11.1. The van der Waals surface area contributed by atoms with Crippen LogP contribution in [-0.4, -0.2) is 57.7 Å². The molecular formula is C9H14IN2OS. The van der Waals surface area contributed by atoms with Gasteiger partial charge in [-0.2, -0.15) is 0 Å². The number of piperazine rings is 1. The Morgan fingerprint density at radius 1 is 1.50 bits per heavy atom. The number of amides is 1. The summed E-state index contributed by atoms with van der Waals surface area (Å²) < 4.78 is 0.312. The average molecular weight is 325 g/mol. The van der Waals surface area contributed by atoms with Crippen LogP contribution in [0, 0.1) is 0 Å². The molecule has 1 heterocycles. The van der Waals surface area contributed by atoms with E-state index in [9.17, 15) is 4.79 Å². The number of carbonyl (C=O) groups is 1. The van der Waals surface area contributed by atoms with E-state index in [4.69, 9.17) is 12.2 Å². The quantitative estimate of drug-likeness (QED) is 0.436. The number of rotatable bonds is 3. The summed E-state index contributed by atoms with van der Waals surface area (Å²) in [5.74, 6) is 0.178. The first-order valence-electron chi connectivity index (χ1n) is 4.63. The Kier molecular flexibility index (Phi) is 5.25. The summed E-state index contributed by atoms with van der Waals surface area (Å²) in [6.45, 7) is 6.18. The molecule has 0 aromatic rings. The molecule has 1 aliphatic heterocycles. The molecule has 5 heteroatoms. The zero-order valence-electron chi connectivity index (χ0n) is 8.20. The Bertz CT molecular complexity index is 217. The molecule has 0 saturated carbocycles. The molecule has 1 atom stereocenters. The van der Waals surface area contributed by atoms with E-state index in [2.05, 4.69) is 32.9 Å². The molecule has 1 rings (SSSR count). The van der Waals surface area contributed by atoms with Crippen molar-refractivity contribution in [2.75, 3.05) is 32.7 Å². The van der Waals surface area contributed by atoms with Crippen LogP contribution in [0.1, 0.15) is 6.92 Å². The van der Waals surface area contributed by atoms with Crippen LogP contribution in [0.15, 0.2) is 0 Å². The summed E-state index contributed by atoms with van der Waals surface area (Å²) in [7, 11) is 0. The second-order valence-electron chi connectivity index (χ2n) is 3.39. The minimum Gasteiger partial charge on any atom is -0.340 e. The van der Waals surface area contributed by atoms with Crippen LogP contribution in [0.25, 0.3) is 0 Å². The highest BCUT2D eigenvalue weighted by Gasteiger charge is 2.19. The largest absolute Gasteiger partial charge is 0.340 e. The molecule has 3 nitrogen and oxygen atoms in total. The van der Waals surface area contributed by atoms with E-state index < -0.39 is 0 Å². The number of hydrogen-bond acceptors (Lipinski definition) is 3. The van der Waals surface area contributed by atoms with Crippen LogP contribution in [0.4, 0.5) is 0 Å². The number of nitrogens with zero attached hydrogens (tertiary/aromatic N) is 2. The third-order valence-electron chi connectivity index (χ3n) is 2.36. The highest BCUT2D eigenvalue weighted by molar-refractivity contribution is 14.1. The van der Waals surface area contributed by atoms with Crippen LogP contribution in [-0.2, 0) is 4.79 Å². The van der Waals surface area contributed by atoms with Gasteiger partial charge >= 0.3 is 0 Å². The molecule has 1 amide bonds. The summed E-state index contributed by atoms with van der Waals surface area (Å²) in [4.78, 5) is 15.3. The Labute approximate surface area is 104 Å². The van der Waals surface area contributed by atoms with Gasteiger partial charge in [0.1, 0.15) is 0 Å². The summed E-state index contributed by atoms with van der Waals surface area (Å²) in [5, 5.41) is 2.79. The Hall–Kier alpha value is 0.250. The molecule has 0 aromatic carbocycles. The van der Waals surface area contributed by atoms with Gasteiger partial charge in [0, 0.05) is 45.0 Å². The maximum Gasteiger partial charge on any atom is 0.219 e. The van der Waals surface area contributed by atoms with Gasteiger partial charge in [0.15, 0.2) is 0 Å². The van der Waals surface area contributed by atoms with Gasteiger partial charge in [0.25, 0.3) is 0 Å². The van der Waals surface area contributed by atoms with Gasteiger partial charge in [-0.05, 0) is 0 Å². The molecule has 0 aliphatic carbocycles. The highest BCUT2D eigenvalue weighted by Crippen LogP contribution is 2.06. The monoisotopic (exact) mass is 325 g/mol. The van der Waals surface area contributed by atoms with Crippen molar-refractivity contribution in [2.24, 2.45) is 0 Å². The van der Waals surface area contributed by atoms with E-state index in [1.165, 1.54) is 0 Å². The lowest BCUT2D eigenvalue weighted by atomic mass is 10.3. The lowest BCUT2D eigenvalue weighted by molar-refractivity contribution is -0.130. The Balaban J connectivity index is 2.28. The van der Waals surface area contributed by atoms with Crippen molar-refractivity contribution < 1.29 is 4.79 Å². The predicted molar refractivity (Wildman–Crippen MR) is 69.1 cm³/mol. The number of thiocarbonyl (C=S) groups is 1. The third-order valence-corrected chi connectivity index (χ3v) is 3.78. The maximum atomic E-state index is 11.1. The first kappa shape index (κ1) is 12.3. The van der Waals surface area contributed by atoms with Crippen LogP contribution in [0.5, 0.6) is 0 Å². The fraction of sp³-hybridized carbons (Fsp3) is 0.778. The molecule has 14 heavy (non-hydrogen) atoms. The van der Waals surface area contributed by atoms with Crippen LogP contribution >= 0.6 is 34.8 Å². The van der Waals surface area contributed by atoms with Gasteiger partial charge in [-0.3, -0.25) is 9.69 Å². The van der Waals surface area contributed by atoms with Crippen LogP contribution in [0.2, 0.25) is 0 Å². The minimum atomic E-state index is 0.178. The lowest BCUT2D eigenvalue weighted by Gasteiger charge is -2.34. The number of carbonyl (C=O) groups excluding carboxylic acids is 1. The molecule has 1 radical (unpaired) electrons. The SMILES string of the molecule is CC(=O)N1CCN(CC(I)[C]=S)CC1. The number of alkyl halides is 1. The smallest absolute Gasteiger partial charge is 0.219 e. The van der Waals surface area contributed by atoms with Crippen LogP contribution < -0.4 is 0 Å². The second kappa shape index (κ2) is 5.97. The molecule has 1 unspecified atom stereocenters. The third kappa shape index (κ3) is 3.78. The molecule has 79 valence electrons. The summed E-state index contributed by atoms with van der Waals surface area (Å²) in [6, 6.07) is 0. The van der Waals surface area contributed by atoms with Gasteiger partial charge in [-0.25, -0.2) is 0 Å². The van der Waals surface area contributed by atoms with Gasteiger partial charge in [0.05, 0.1) is 3.92 Å². The normalized spacial score (nSPS) is 20.6. The Morgan fingerprint density at radius 2 is 2.07 bits per heavy atom. The average Bonchev–Trinajstić information content (AvgIpc) is 2.18. The standard InChI is InChI=1S/C9H14IN2OS/c1-8(13)12-4-2-11(3-5-12)6-9(10)7-14/h9H,2-6H2,1H3. The lowest BCUT2D eigenvalue weighted by Crippen LogP contribution is -2.49. The minimum absolute atomic E-state index is 0.178. The molecule has 1 saturated heterocycles. The zero-order chi connectivity index (χ0) is 10.6. The van der Waals surface area contributed by atoms with E-state index >= 15 is 0 Å². The van der Waals surface area contributed by atoms with Gasteiger partial charge < -0.3 is 4.90 Å². The van der Waals surface area contributed by atoms with E-state index in [1.807, 2.05) is 4.90 Å². The fourth-order valence-corrected chi connectivity index (χ4v) is 2.14. The van der Waals surface area contributed by atoms with Crippen molar-refractivity contribution in [3.05, 3.63) is 0 Å². The molecule has 0 bridgehead atoms. The van der Waals surface area contributed by atoms with Crippen molar-refractivity contribution >= 4 is 46.1 Å². The van der Waals surface area contributed by atoms with Crippen molar-refractivity contribution in [3.63, 3.8) is 0 Å². The first-order valence-corrected chi connectivity index (χ1v) is 6.28. The molecular weight excluding hydrogens is 311 g/mol. The molecule has 0 aromatic heterocycles. The summed E-state index contributed by atoms with van der Waals surface area (Å²) in [6.07, 6.45) is 0. The van der Waals surface area contributed by atoms with Crippen LogP contribution in [0.3, 0.4) is 0 Å². The van der Waals surface area contributed by atoms with Gasteiger partial charge in [-0.15, -0.1) is 0 Å². The molecule has 1 fully saturated rings. The summed E-state index contributed by atoms with van der Waals surface area (Å²) in [5.41, 5.74) is 0. The number of hydrogen-bond donors (Lipinski definition) is 0. The summed E-state index contributed by atoms with van der Waals surface area (Å²) >= 11 is 7.05. The van der Waals surface area contributed by atoms with E-state index in [0.717, 1.165) is 32.7 Å². The van der Waals surface area contributed by atoms with Gasteiger partial charge in [0.2, 0.25) is 5.91 Å².